The van der Waals surface area contributed by atoms with Gasteiger partial charge in [-0.25, -0.2) is 14.6 Å². The number of methoxy groups -OCH3 is 1. The summed E-state index contributed by atoms with van der Waals surface area (Å²) in [5.41, 5.74) is 10.1. The number of hydrogen-bond acceptors (Lipinski definition) is 11. The van der Waals surface area contributed by atoms with Crippen LogP contribution < -0.4 is 15.4 Å². The van der Waals surface area contributed by atoms with Crippen molar-refractivity contribution in [3.8, 4) is 17.3 Å². The molecule has 0 unspecified atom stereocenters. The van der Waals surface area contributed by atoms with E-state index in [0.29, 0.717) is 58.3 Å². The predicted molar refractivity (Wildman–Crippen MR) is 158 cm³/mol. The molecule has 43 heavy (non-hydrogen) atoms. The summed E-state index contributed by atoms with van der Waals surface area (Å²) in [7, 11) is 1.36. The second-order valence-electron chi connectivity index (χ2n) is 10.2. The fourth-order valence-corrected chi connectivity index (χ4v) is 5.45. The number of pyridine rings is 1. The molecule has 0 atom stereocenters. The SMILES string of the molecule is COC(=O)c1c(C)c2c(nc(N)n3nc(-c4ccccn4)nc23)n1CCN1CCN(c2ccc(OCC(=O)O)cc2)CC1. The number of carboxylic acids is 1. The number of fused-ring (bicyclic) bond motifs is 3. The number of rotatable bonds is 9. The second-order valence-corrected chi connectivity index (χ2v) is 10.2. The molecule has 5 aromatic rings. The maximum atomic E-state index is 13.0. The van der Waals surface area contributed by atoms with E-state index in [1.165, 1.54) is 11.6 Å². The fourth-order valence-electron chi connectivity index (χ4n) is 5.45. The molecule has 5 heterocycles. The lowest BCUT2D eigenvalue weighted by Gasteiger charge is -2.36. The number of nitrogens with zero attached hydrogens (tertiary/aromatic N) is 8. The van der Waals surface area contributed by atoms with Crippen LogP contribution in [0, 0.1) is 6.92 Å². The topological polar surface area (TPSA) is 166 Å². The van der Waals surface area contributed by atoms with Gasteiger partial charge in [-0.3, -0.25) is 9.88 Å². The summed E-state index contributed by atoms with van der Waals surface area (Å²) in [6, 6.07) is 12.9. The third kappa shape index (κ3) is 5.39. The Hall–Kier alpha value is -5.24. The van der Waals surface area contributed by atoms with Gasteiger partial charge in [-0.05, 0) is 48.9 Å². The molecule has 6 rings (SSSR count). The van der Waals surface area contributed by atoms with Crippen LogP contribution in [0.4, 0.5) is 11.6 Å². The molecule has 0 aliphatic carbocycles. The van der Waals surface area contributed by atoms with Crippen LogP contribution in [-0.2, 0) is 16.1 Å². The quantitative estimate of drug-likeness (QED) is 0.242. The summed E-state index contributed by atoms with van der Waals surface area (Å²) in [4.78, 5) is 42.1. The van der Waals surface area contributed by atoms with E-state index in [0.717, 1.165) is 31.9 Å². The van der Waals surface area contributed by atoms with Gasteiger partial charge in [0.1, 0.15) is 22.8 Å². The Kier molecular flexibility index (Phi) is 7.50. The van der Waals surface area contributed by atoms with Crippen molar-refractivity contribution in [3.05, 3.63) is 59.9 Å². The highest BCUT2D eigenvalue weighted by Gasteiger charge is 2.27. The summed E-state index contributed by atoms with van der Waals surface area (Å²) in [5.74, 6) is -0.389. The van der Waals surface area contributed by atoms with E-state index < -0.39 is 11.9 Å². The number of aliphatic carboxylic acids is 1. The molecule has 0 bridgehead atoms. The summed E-state index contributed by atoms with van der Waals surface area (Å²) in [6.07, 6.45) is 1.67. The molecule has 1 aliphatic rings. The van der Waals surface area contributed by atoms with E-state index in [9.17, 15) is 9.59 Å². The number of nitrogen functional groups attached to an aromatic ring is 1. The van der Waals surface area contributed by atoms with Gasteiger partial charge in [-0.1, -0.05) is 6.07 Å². The van der Waals surface area contributed by atoms with Gasteiger partial charge in [0, 0.05) is 51.2 Å². The Labute approximate surface area is 246 Å². The smallest absolute Gasteiger partial charge is 0.355 e. The molecule has 1 saturated heterocycles. The monoisotopic (exact) mass is 585 g/mol. The summed E-state index contributed by atoms with van der Waals surface area (Å²) in [5, 5.41) is 14.0. The molecule has 0 saturated carbocycles. The van der Waals surface area contributed by atoms with Crippen LogP contribution in [0.5, 0.6) is 5.75 Å². The van der Waals surface area contributed by atoms with Crippen molar-refractivity contribution in [2.75, 3.05) is 57.1 Å². The number of carbonyl (C=O) groups excluding carboxylic acids is 1. The highest BCUT2D eigenvalue weighted by molar-refractivity contribution is 6.03. The van der Waals surface area contributed by atoms with Crippen molar-refractivity contribution in [2.24, 2.45) is 0 Å². The van der Waals surface area contributed by atoms with Crippen molar-refractivity contribution >= 4 is 40.3 Å². The molecular weight excluding hydrogens is 554 g/mol. The van der Waals surface area contributed by atoms with Crippen LogP contribution in [0.2, 0.25) is 0 Å². The minimum absolute atomic E-state index is 0.153. The second kappa shape index (κ2) is 11.6. The maximum absolute atomic E-state index is 13.0. The van der Waals surface area contributed by atoms with Crippen LogP contribution >= 0.6 is 0 Å². The molecule has 4 aromatic heterocycles. The summed E-state index contributed by atoms with van der Waals surface area (Å²) in [6.45, 7) is 5.93. The normalized spacial score (nSPS) is 14.0. The minimum atomic E-state index is -1.01. The van der Waals surface area contributed by atoms with Gasteiger partial charge in [0.25, 0.3) is 0 Å². The average Bonchev–Trinajstić information content (AvgIpc) is 3.59. The van der Waals surface area contributed by atoms with E-state index in [4.69, 9.17) is 25.3 Å². The van der Waals surface area contributed by atoms with Gasteiger partial charge in [-0.2, -0.15) is 9.50 Å². The molecule has 14 nitrogen and oxygen atoms in total. The van der Waals surface area contributed by atoms with E-state index in [2.05, 4.69) is 24.9 Å². The minimum Gasteiger partial charge on any atom is -0.482 e. The van der Waals surface area contributed by atoms with Gasteiger partial charge < -0.3 is 29.8 Å². The largest absolute Gasteiger partial charge is 0.482 e. The number of piperazine rings is 1. The lowest BCUT2D eigenvalue weighted by molar-refractivity contribution is -0.139. The number of nitrogens with two attached hydrogens (primary N) is 1. The summed E-state index contributed by atoms with van der Waals surface area (Å²) >= 11 is 0. The highest BCUT2D eigenvalue weighted by atomic mass is 16.5. The number of benzene rings is 1. The van der Waals surface area contributed by atoms with Gasteiger partial charge >= 0.3 is 11.9 Å². The first kappa shape index (κ1) is 27.9. The highest BCUT2D eigenvalue weighted by Crippen LogP contribution is 2.31. The van der Waals surface area contributed by atoms with Gasteiger partial charge in [-0.15, -0.1) is 5.10 Å². The van der Waals surface area contributed by atoms with Crippen LogP contribution in [0.25, 0.3) is 28.2 Å². The zero-order chi connectivity index (χ0) is 30.1. The van der Waals surface area contributed by atoms with Crippen LogP contribution in [0.3, 0.4) is 0 Å². The molecule has 14 heteroatoms. The number of anilines is 2. The lowest BCUT2D eigenvalue weighted by Crippen LogP contribution is -2.47. The van der Waals surface area contributed by atoms with Gasteiger partial charge in [0.15, 0.2) is 12.3 Å². The maximum Gasteiger partial charge on any atom is 0.355 e. The molecular formula is C29H31N9O5. The van der Waals surface area contributed by atoms with E-state index in [-0.39, 0.29) is 12.6 Å². The number of carbonyl (C=O) groups is 2. The number of aryl methyl sites for hydroxylation is 1. The molecule has 0 amide bonds. The molecule has 0 spiro atoms. The molecule has 1 aliphatic heterocycles. The molecule has 0 radical (unpaired) electrons. The Morgan fingerprint density at radius 1 is 1.00 bits per heavy atom. The number of aromatic nitrogens is 6. The van der Waals surface area contributed by atoms with E-state index >= 15 is 0 Å². The summed E-state index contributed by atoms with van der Waals surface area (Å²) < 4.78 is 13.7. The van der Waals surface area contributed by atoms with Crippen molar-refractivity contribution in [3.63, 3.8) is 0 Å². The standard InChI is InChI=1S/C29H31N9O5/c1-18-23-26(33-29(30)38-27(23)32-25(34-38)21-5-3-4-10-31-21)37(24(18)28(41)42-2)16-13-35-11-14-36(15-12-35)19-6-8-20(9-7-19)43-17-22(39)40/h3-10H,11-17H2,1-2H3,(H2,30,33)(H,39,40). The van der Waals surface area contributed by atoms with Crippen LogP contribution in [0.1, 0.15) is 16.1 Å². The zero-order valence-corrected chi connectivity index (χ0v) is 23.8. The third-order valence-electron chi connectivity index (χ3n) is 7.60. The first-order valence-electron chi connectivity index (χ1n) is 13.8. The lowest BCUT2D eigenvalue weighted by atomic mass is 10.2. The van der Waals surface area contributed by atoms with Crippen LogP contribution in [0.15, 0.2) is 48.7 Å². The Morgan fingerprint density at radius 2 is 1.77 bits per heavy atom. The molecule has 1 aromatic carbocycles. The van der Waals surface area contributed by atoms with Crippen molar-refractivity contribution in [1.82, 2.24) is 34.0 Å². The number of ether oxygens (including phenoxy) is 2. The number of esters is 1. The number of hydrogen-bond donors (Lipinski definition) is 2. The molecule has 222 valence electrons. The fraction of sp³-hybridized carbons (Fsp3) is 0.310. The average molecular weight is 586 g/mol. The molecule has 3 N–H and O–H groups in total. The van der Waals surface area contributed by atoms with Gasteiger partial charge in [0.2, 0.25) is 11.8 Å². The third-order valence-corrected chi connectivity index (χ3v) is 7.60. The first-order chi connectivity index (χ1) is 20.8. The number of carboxylic acid groups (broad SMARTS) is 1. The zero-order valence-electron chi connectivity index (χ0n) is 23.8. The Bertz CT molecular complexity index is 1790. The van der Waals surface area contributed by atoms with Crippen molar-refractivity contribution in [1.29, 1.82) is 0 Å². The van der Waals surface area contributed by atoms with Crippen LogP contribution in [-0.4, -0.2) is 97.5 Å². The van der Waals surface area contributed by atoms with Crippen molar-refractivity contribution < 1.29 is 24.2 Å². The first-order valence-corrected chi connectivity index (χ1v) is 13.8. The predicted octanol–water partition coefficient (Wildman–Crippen LogP) is 2.10. The van der Waals surface area contributed by atoms with E-state index in [1.54, 1.807) is 18.3 Å². The van der Waals surface area contributed by atoms with E-state index in [1.807, 2.05) is 41.8 Å². The Morgan fingerprint density at radius 3 is 2.44 bits per heavy atom. The Balaban J connectivity index is 1.22. The van der Waals surface area contributed by atoms with Gasteiger partial charge in [0.05, 0.1) is 12.5 Å². The molecule has 1 fully saturated rings. The van der Waals surface area contributed by atoms with Crippen molar-refractivity contribution in [2.45, 2.75) is 13.5 Å².